The number of amides is 1. The normalized spacial score (nSPS) is 12.6. The highest BCUT2D eigenvalue weighted by Crippen LogP contribution is 2.30. The fourth-order valence-corrected chi connectivity index (χ4v) is 2.66. The Labute approximate surface area is 166 Å². The van der Waals surface area contributed by atoms with Gasteiger partial charge < -0.3 is 24.3 Å². The van der Waals surface area contributed by atoms with Gasteiger partial charge in [-0.2, -0.15) is 0 Å². The van der Waals surface area contributed by atoms with Crippen molar-refractivity contribution in [2.75, 3.05) is 20.3 Å². The van der Waals surface area contributed by atoms with E-state index >= 15 is 0 Å². The summed E-state index contributed by atoms with van der Waals surface area (Å²) in [7, 11) is 1.60. The van der Waals surface area contributed by atoms with Gasteiger partial charge >= 0.3 is 0 Å². The number of nitrogens with one attached hydrogen (secondary N) is 1. The zero-order valence-corrected chi connectivity index (χ0v) is 17.2. The molecule has 1 N–H and O–H groups in total. The Morgan fingerprint density at radius 1 is 0.929 bits per heavy atom. The number of hydrogen-bond acceptors (Lipinski definition) is 5. The Balaban J connectivity index is 2.00. The zero-order chi connectivity index (χ0) is 20.5. The van der Waals surface area contributed by atoms with Crippen LogP contribution in [-0.2, 0) is 4.79 Å². The molecule has 0 aliphatic rings. The van der Waals surface area contributed by atoms with Gasteiger partial charge in [-0.25, -0.2) is 0 Å². The Kier molecular flexibility index (Phi) is 7.99. The third-order valence-electron chi connectivity index (χ3n) is 4.17. The zero-order valence-electron chi connectivity index (χ0n) is 17.2. The molecule has 6 nitrogen and oxygen atoms in total. The third kappa shape index (κ3) is 5.81. The van der Waals surface area contributed by atoms with Crippen LogP contribution < -0.4 is 24.3 Å². The lowest BCUT2D eigenvalue weighted by Crippen LogP contribution is -2.37. The monoisotopic (exact) mass is 387 g/mol. The average molecular weight is 387 g/mol. The van der Waals surface area contributed by atoms with Crippen LogP contribution in [0.25, 0.3) is 0 Å². The molecule has 0 heterocycles. The molecular weight excluding hydrogens is 358 g/mol. The fourth-order valence-electron chi connectivity index (χ4n) is 2.66. The highest BCUT2D eigenvalue weighted by atomic mass is 16.5. The number of hydrogen-bond donors (Lipinski definition) is 1. The minimum Gasteiger partial charge on any atom is -0.497 e. The molecule has 2 unspecified atom stereocenters. The standard InChI is InChI=1S/C22H29NO5/c1-6-26-20-13-8-17(14-21(20)27-7-2)15(3)23-22(24)16(4)28-19-11-9-18(25-5)10-12-19/h8-16H,6-7H2,1-5H3,(H,23,24). The van der Waals surface area contributed by atoms with Crippen LogP contribution in [0.4, 0.5) is 0 Å². The van der Waals surface area contributed by atoms with Crippen molar-refractivity contribution in [1.82, 2.24) is 5.32 Å². The van der Waals surface area contributed by atoms with Gasteiger partial charge in [0.05, 0.1) is 26.4 Å². The predicted octanol–water partition coefficient (Wildman–Crippen LogP) is 4.14. The number of methoxy groups -OCH3 is 1. The van der Waals surface area contributed by atoms with Crippen molar-refractivity contribution < 1.29 is 23.7 Å². The lowest BCUT2D eigenvalue weighted by Gasteiger charge is -2.20. The maximum atomic E-state index is 12.5. The molecule has 0 fully saturated rings. The first kappa shape index (κ1) is 21.4. The minimum absolute atomic E-state index is 0.199. The first-order chi connectivity index (χ1) is 13.5. The summed E-state index contributed by atoms with van der Waals surface area (Å²) in [5.41, 5.74) is 0.928. The van der Waals surface area contributed by atoms with Crippen molar-refractivity contribution in [3.8, 4) is 23.0 Å². The first-order valence-electron chi connectivity index (χ1n) is 9.49. The van der Waals surface area contributed by atoms with Crippen molar-refractivity contribution in [3.63, 3.8) is 0 Å². The number of ether oxygens (including phenoxy) is 4. The molecule has 0 aromatic heterocycles. The van der Waals surface area contributed by atoms with E-state index in [-0.39, 0.29) is 11.9 Å². The number of benzene rings is 2. The summed E-state index contributed by atoms with van der Waals surface area (Å²) in [6.07, 6.45) is -0.634. The van der Waals surface area contributed by atoms with Crippen molar-refractivity contribution in [2.45, 2.75) is 39.8 Å². The van der Waals surface area contributed by atoms with E-state index in [9.17, 15) is 4.79 Å². The van der Waals surface area contributed by atoms with Gasteiger partial charge in [0.15, 0.2) is 17.6 Å². The molecule has 28 heavy (non-hydrogen) atoms. The number of carbonyl (C=O) groups is 1. The van der Waals surface area contributed by atoms with Crippen LogP contribution in [0, 0.1) is 0 Å². The van der Waals surface area contributed by atoms with Gasteiger partial charge in [-0.1, -0.05) is 6.07 Å². The molecule has 2 atom stereocenters. The van der Waals surface area contributed by atoms with E-state index in [1.54, 1.807) is 38.3 Å². The second-order valence-electron chi connectivity index (χ2n) is 6.24. The molecule has 6 heteroatoms. The molecule has 0 aliphatic heterocycles. The van der Waals surface area contributed by atoms with E-state index in [4.69, 9.17) is 18.9 Å². The Hall–Kier alpha value is -2.89. The maximum Gasteiger partial charge on any atom is 0.261 e. The molecule has 2 aromatic carbocycles. The van der Waals surface area contributed by atoms with E-state index in [1.807, 2.05) is 39.0 Å². The van der Waals surface area contributed by atoms with Crippen molar-refractivity contribution in [1.29, 1.82) is 0 Å². The quantitative estimate of drug-likeness (QED) is 0.664. The second kappa shape index (κ2) is 10.4. The summed E-state index contributed by atoms with van der Waals surface area (Å²) in [5.74, 6) is 2.51. The second-order valence-corrected chi connectivity index (χ2v) is 6.24. The lowest BCUT2D eigenvalue weighted by atomic mass is 10.1. The third-order valence-corrected chi connectivity index (χ3v) is 4.17. The van der Waals surface area contributed by atoms with Crippen LogP contribution in [0.15, 0.2) is 42.5 Å². The summed E-state index contributed by atoms with van der Waals surface area (Å²) in [5, 5.41) is 2.97. The fraction of sp³-hybridized carbons (Fsp3) is 0.409. The number of carbonyl (C=O) groups excluding carboxylic acids is 1. The largest absolute Gasteiger partial charge is 0.497 e. The molecule has 0 saturated heterocycles. The van der Waals surface area contributed by atoms with Gasteiger partial charge in [0.1, 0.15) is 11.5 Å². The van der Waals surface area contributed by atoms with Crippen LogP contribution in [-0.4, -0.2) is 32.3 Å². The summed E-state index contributed by atoms with van der Waals surface area (Å²) >= 11 is 0. The molecule has 152 valence electrons. The molecule has 0 bridgehead atoms. The minimum atomic E-state index is -0.634. The smallest absolute Gasteiger partial charge is 0.261 e. The first-order valence-corrected chi connectivity index (χ1v) is 9.49. The van der Waals surface area contributed by atoms with E-state index in [1.165, 1.54) is 0 Å². The molecule has 2 aromatic rings. The molecular formula is C22H29NO5. The van der Waals surface area contributed by atoms with E-state index < -0.39 is 6.10 Å². The van der Waals surface area contributed by atoms with Crippen LogP contribution in [0.5, 0.6) is 23.0 Å². The van der Waals surface area contributed by atoms with Gasteiger partial charge in [0.25, 0.3) is 5.91 Å². The summed E-state index contributed by atoms with van der Waals surface area (Å²) in [4.78, 5) is 12.5. The molecule has 0 saturated carbocycles. The van der Waals surface area contributed by atoms with E-state index in [2.05, 4.69) is 5.32 Å². The maximum absolute atomic E-state index is 12.5. The van der Waals surface area contributed by atoms with Gasteiger partial charge in [-0.05, 0) is 69.7 Å². The van der Waals surface area contributed by atoms with E-state index in [0.717, 1.165) is 11.3 Å². The van der Waals surface area contributed by atoms with Crippen molar-refractivity contribution in [2.24, 2.45) is 0 Å². The van der Waals surface area contributed by atoms with Gasteiger partial charge in [-0.3, -0.25) is 4.79 Å². The molecule has 0 aliphatic carbocycles. The number of rotatable bonds is 10. The van der Waals surface area contributed by atoms with E-state index in [0.29, 0.717) is 30.5 Å². The van der Waals surface area contributed by atoms with Gasteiger partial charge in [0.2, 0.25) is 0 Å². The average Bonchev–Trinajstić information content (AvgIpc) is 2.70. The van der Waals surface area contributed by atoms with Gasteiger partial charge in [0, 0.05) is 0 Å². The predicted molar refractivity (Wildman–Crippen MR) is 108 cm³/mol. The Morgan fingerprint density at radius 3 is 2.14 bits per heavy atom. The van der Waals surface area contributed by atoms with Crippen LogP contribution in [0.1, 0.15) is 39.3 Å². The highest BCUT2D eigenvalue weighted by molar-refractivity contribution is 5.81. The van der Waals surface area contributed by atoms with Crippen molar-refractivity contribution in [3.05, 3.63) is 48.0 Å². The molecule has 2 rings (SSSR count). The summed E-state index contributed by atoms with van der Waals surface area (Å²) in [6, 6.07) is 12.6. The lowest BCUT2D eigenvalue weighted by molar-refractivity contribution is -0.127. The summed E-state index contributed by atoms with van der Waals surface area (Å²) in [6.45, 7) is 8.59. The van der Waals surface area contributed by atoms with Gasteiger partial charge in [-0.15, -0.1) is 0 Å². The Bertz CT molecular complexity index is 760. The van der Waals surface area contributed by atoms with Crippen LogP contribution in [0.2, 0.25) is 0 Å². The SMILES string of the molecule is CCOc1ccc(C(C)NC(=O)C(C)Oc2ccc(OC)cc2)cc1OCC. The summed E-state index contributed by atoms with van der Waals surface area (Å²) < 4.78 is 22.1. The van der Waals surface area contributed by atoms with Crippen molar-refractivity contribution >= 4 is 5.91 Å². The molecule has 0 spiro atoms. The Morgan fingerprint density at radius 2 is 1.54 bits per heavy atom. The van der Waals surface area contributed by atoms with Crippen LogP contribution >= 0.6 is 0 Å². The van der Waals surface area contributed by atoms with Crippen LogP contribution in [0.3, 0.4) is 0 Å². The molecule has 1 amide bonds. The molecule has 0 radical (unpaired) electrons. The highest BCUT2D eigenvalue weighted by Gasteiger charge is 2.19. The topological polar surface area (TPSA) is 66.0 Å².